The highest BCUT2D eigenvalue weighted by Gasteiger charge is 2.23. The molecule has 0 saturated carbocycles. The lowest BCUT2D eigenvalue weighted by atomic mass is 10.2. The van der Waals surface area contributed by atoms with Gasteiger partial charge in [0, 0.05) is 33.7 Å². The lowest BCUT2D eigenvalue weighted by Crippen LogP contribution is -2.50. The van der Waals surface area contributed by atoms with E-state index < -0.39 is 18.0 Å². The molecule has 0 fully saturated rings. The number of nitrogens with one attached hydrogen (secondary N) is 2. The highest BCUT2D eigenvalue weighted by atomic mass is 16.5. The Labute approximate surface area is 118 Å². The lowest BCUT2D eigenvalue weighted by Gasteiger charge is -2.24. The largest absolute Gasteiger partial charge is 0.480 e. The molecule has 0 aliphatic carbocycles. The van der Waals surface area contributed by atoms with Crippen molar-refractivity contribution in [2.24, 2.45) is 0 Å². The minimum atomic E-state index is -1.13. The molecule has 0 aliphatic rings. The zero-order chi connectivity index (χ0) is 15.5. The average molecular weight is 289 g/mol. The Morgan fingerprint density at radius 1 is 1.35 bits per heavy atom. The predicted octanol–water partition coefficient (Wildman–Crippen LogP) is -0.356. The molecule has 8 heteroatoms. The van der Waals surface area contributed by atoms with Gasteiger partial charge in [-0.15, -0.1) is 0 Å². The molecule has 8 nitrogen and oxygen atoms in total. The number of aliphatic carboxylic acids is 1. The van der Waals surface area contributed by atoms with E-state index in [4.69, 9.17) is 9.84 Å². The Kier molecular flexibility index (Phi) is 9.10. The maximum atomic E-state index is 12.0. The number of amides is 3. The van der Waals surface area contributed by atoms with E-state index in [1.807, 2.05) is 6.92 Å². The minimum absolute atomic E-state index is 0.104. The van der Waals surface area contributed by atoms with E-state index in [0.717, 1.165) is 0 Å². The average Bonchev–Trinajstić information content (AvgIpc) is 2.42. The fourth-order valence-electron chi connectivity index (χ4n) is 1.51. The molecular weight excluding hydrogens is 266 g/mol. The zero-order valence-electron chi connectivity index (χ0n) is 12.1. The summed E-state index contributed by atoms with van der Waals surface area (Å²) in [7, 11) is 2.93. The number of hydrogen-bond acceptors (Lipinski definition) is 4. The molecule has 0 aromatic rings. The van der Waals surface area contributed by atoms with Crippen LogP contribution >= 0.6 is 0 Å². The van der Waals surface area contributed by atoms with Crippen LogP contribution in [0.2, 0.25) is 0 Å². The Balaban J connectivity index is 4.61. The first-order chi connectivity index (χ1) is 9.46. The van der Waals surface area contributed by atoms with Gasteiger partial charge < -0.3 is 25.4 Å². The Hall–Kier alpha value is -1.83. The highest BCUT2D eigenvalue weighted by Crippen LogP contribution is 1.98. The van der Waals surface area contributed by atoms with E-state index in [9.17, 15) is 14.4 Å². The van der Waals surface area contributed by atoms with Gasteiger partial charge >= 0.3 is 12.0 Å². The van der Waals surface area contributed by atoms with E-state index in [1.165, 1.54) is 19.1 Å². The molecule has 20 heavy (non-hydrogen) atoms. The summed E-state index contributed by atoms with van der Waals surface area (Å²) in [4.78, 5) is 35.6. The van der Waals surface area contributed by atoms with Gasteiger partial charge in [0.05, 0.1) is 0 Å². The molecule has 0 radical (unpaired) electrons. The molecular formula is C12H23N3O5. The van der Waals surface area contributed by atoms with Crippen LogP contribution in [0.1, 0.15) is 19.8 Å². The molecule has 0 bridgehead atoms. The van der Waals surface area contributed by atoms with Crippen LogP contribution in [0.4, 0.5) is 4.79 Å². The molecule has 0 aromatic heterocycles. The van der Waals surface area contributed by atoms with Gasteiger partial charge in [0.2, 0.25) is 5.91 Å². The van der Waals surface area contributed by atoms with Crippen LogP contribution in [0.25, 0.3) is 0 Å². The van der Waals surface area contributed by atoms with Crippen LogP contribution in [0.15, 0.2) is 0 Å². The third-order valence-electron chi connectivity index (χ3n) is 2.60. The monoisotopic (exact) mass is 289 g/mol. The van der Waals surface area contributed by atoms with Crippen molar-refractivity contribution < 1.29 is 24.2 Å². The number of carbonyl (C=O) groups is 3. The molecule has 3 amide bonds. The van der Waals surface area contributed by atoms with Gasteiger partial charge in [-0.25, -0.2) is 9.59 Å². The summed E-state index contributed by atoms with van der Waals surface area (Å²) in [5.41, 5.74) is 0. The lowest BCUT2D eigenvalue weighted by molar-refractivity contribution is -0.139. The van der Waals surface area contributed by atoms with Crippen molar-refractivity contribution >= 4 is 17.9 Å². The van der Waals surface area contributed by atoms with Gasteiger partial charge in [-0.3, -0.25) is 4.79 Å². The van der Waals surface area contributed by atoms with E-state index in [0.29, 0.717) is 13.0 Å². The van der Waals surface area contributed by atoms with Crippen LogP contribution in [-0.4, -0.2) is 67.8 Å². The normalized spacial score (nSPS) is 11.6. The molecule has 116 valence electrons. The molecule has 1 unspecified atom stereocenters. The number of carboxylic acids is 1. The smallest absolute Gasteiger partial charge is 0.326 e. The molecule has 0 aromatic carbocycles. The van der Waals surface area contributed by atoms with Crippen LogP contribution in [0.3, 0.4) is 0 Å². The van der Waals surface area contributed by atoms with Crippen molar-refractivity contribution in [3.05, 3.63) is 0 Å². The molecule has 3 N–H and O–H groups in total. The quantitative estimate of drug-likeness (QED) is 0.537. The number of likely N-dealkylation sites (N-methyl/N-ethyl adjacent to an activating group) is 1. The van der Waals surface area contributed by atoms with Gasteiger partial charge in [0.1, 0.15) is 12.6 Å². The standard InChI is InChI=1S/C12H23N3O5/c1-4-6-15(8-10(16)13-2)12(19)14-9(11(17)18)5-7-20-3/h9H,4-8H2,1-3H3,(H,13,16)(H,14,19)(H,17,18). The van der Waals surface area contributed by atoms with Crippen molar-refractivity contribution in [2.45, 2.75) is 25.8 Å². The van der Waals surface area contributed by atoms with Gasteiger partial charge in [-0.1, -0.05) is 6.92 Å². The zero-order valence-corrected chi connectivity index (χ0v) is 12.1. The number of methoxy groups -OCH3 is 1. The minimum Gasteiger partial charge on any atom is -0.480 e. The third-order valence-corrected chi connectivity index (χ3v) is 2.60. The summed E-state index contributed by atoms with van der Waals surface area (Å²) in [5.74, 6) is -1.44. The van der Waals surface area contributed by atoms with Crippen LogP contribution in [0.5, 0.6) is 0 Å². The maximum Gasteiger partial charge on any atom is 0.326 e. The summed E-state index contributed by atoms with van der Waals surface area (Å²) in [6.45, 7) is 2.35. The second-order valence-corrected chi connectivity index (χ2v) is 4.22. The van der Waals surface area contributed by atoms with E-state index in [1.54, 1.807) is 0 Å². The predicted molar refractivity (Wildman–Crippen MR) is 72.4 cm³/mol. The van der Waals surface area contributed by atoms with Gasteiger partial charge in [-0.2, -0.15) is 0 Å². The fourth-order valence-corrected chi connectivity index (χ4v) is 1.51. The molecule has 0 saturated heterocycles. The van der Waals surface area contributed by atoms with Crippen molar-refractivity contribution in [1.29, 1.82) is 0 Å². The Morgan fingerprint density at radius 3 is 2.45 bits per heavy atom. The number of urea groups is 1. The fraction of sp³-hybridized carbons (Fsp3) is 0.750. The maximum absolute atomic E-state index is 12.0. The second-order valence-electron chi connectivity index (χ2n) is 4.22. The first-order valence-corrected chi connectivity index (χ1v) is 6.44. The molecule has 0 rings (SSSR count). The number of nitrogens with zero attached hydrogens (tertiary/aromatic N) is 1. The Bertz CT molecular complexity index is 335. The van der Waals surface area contributed by atoms with Crippen LogP contribution in [-0.2, 0) is 14.3 Å². The van der Waals surface area contributed by atoms with Crippen molar-refractivity contribution in [2.75, 3.05) is 33.9 Å². The summed E-state index contributed by atoms with van der Waals surface area (Å²) < 4.78 is 4.80. The first kappa shape index (κ1) is 18.2. The molecule has 0 heterocycles. The van der Waals surface area contributed by atoms with Crippen molar-refractivity contribution in [1.82, 2.24) is 15.5 Å². The SMILES string of the molecule is CCCN(CC(=O)NC)C(=O)NC(CCOC)C(=O)O. The summed E-state index contributed by atoms with van der Waals surface area (Å²) in [6.07, 6.45) is 0.831. The van der Waals surface area contributed by atoms with Crippen molar-refractivity contribution in [3.8, 4) is 0 Å². The van der Waals surface area contributed by atoms with Crippen molar-refractivity contribution in [3.63, 3.8) is 0 Å². The van der Waals surface area contributed by atoms with Crippen LogP contribution < -0.4 is 10.6 Å². The topological polar surface area (TPSA) is 108 Å². The van der Waals surface area contributed by atoms with Gasteiger partial charge in [-0.05, 0) is 6.42 Å². The summed E-state index contributed by atoms with van der Waals surface area (Å²) >= 11 is 0. The van der Waals surface area contributed by atoms with Gasteiger partial charge in [0.15, 0.2) is 0 Å². The first-order valence-electron chi connectivity index (χ1n) is 6.44. The number of carboxylic acid groups (broad SMARTS) is 1. The third kappa shape index (κ3) is 6.93. The number of carbonyl (C=O) groups excluding carboxylic acids is 2. The van der Waals surface area contributed by atoms with E-state index in [-0.39, 0.29) is 25.5 Å². The summed E-state index contributed by atoms with van der Waals surface area (Å²) in [5, 5.41) is 13.8. The van der Waals surface area contributed by atoms with E-state index in [2.05, 4.69) is 10.6 Å². The molecule has 0 aliphatic heterocycles. The van der Waals surface area contributed by atoms with E-state index >= 15 is 0 Å². The number of rotatable bonds is 9. The summed E-state index contributed by atoms with van der Waals surface area (Å²) in [6, 6.07) is -1.61. The Morgan fingerprint density at radius 2 is 2.00 bits per heavy atom. The number of ether oxygens (including phenoxy) is 1. The molecule has 1 atom stereocenters. The second kappa shape index (κ2) is 10.0. The molecule has 0 spiro atoms. The van der Waals surface area contributed by atoms with Gasteiger partial charge in [0.25, 0.3) is 0 Å². The van der Waals surface area contributed by atoms with Crippen LogP contribution in [0, 0.1) is 0 Å². The number of hydrogen-bond donors (Lipinski definition) is 3. The highest BCUT2D eigenvalue weighted by molar-refractivity contribution is 5.86.